The number of nitrogens with zero attached hydrogens (tertiary/aromatic N) is 1. The van der Waals surface area contributed by atoms with E-state index < -0.39 is 28.5 Å². The van der Waals surface area contributed by atoms with Crippen molar-refractivity contribution in [3.05, 3.63) is 74.3 Å². The highest BCUT2D eigenvalue weighted by Gasteiger charge is 2.25. The SMILES string of the molecule is CCOC(=O)CC(NC(=O)c1ccc(Cl)cc1[N+](=O)[O-])c1ccc(C)cc1. The molecule has 7 nitrogen and oxygen atoms in total. The summed E-state index contributed by atoms with van der Waals surface area (Å²) >= 11 is 5.79. The molecule has 0 heterocycles. The fourth-order valence-corrected chi connectivity index (χ4v) is 2.69. The van der Waals surface area contributed by atoms with E-state index in [-0.39, 0.29) is 23.6 Å². The molecule has 27 heavy (non-hydrogen) atoms. The number of nitrogens with one attached hydrogen (secondary N) is 1. The predicted octanol–water partition coefficient (Wildman–Crippen LogP) is 3.98. The summed E-state index contributed by atoms with van der Waals surface area (Å²) in [6, 6.07) is 10.4. The number of carbonyl (C=O) groups is 2. The molecule has 0 bridgehead atoms. The van der Waals surface area contributed by atoms with Gasteiger partial charge in [0, 0.05) is 11.1 Å². The fraction of sp³-hybridized carbons (Fsp3) is 0.263. The lowest BCUT2D eigenvalue weighted by Gasteiger charge is -2.19. The molecule has 2 aromatic rings. The van der Waals surface area contributed by atoms with E-state index in [1.807, 2.05) is 19.1 Å². The molecular formula is C19H19ClN2O5. The van der Waals surface area contributed by atoms with Crippen molar-refractivity contribution in [2.24, 2.45) is 0 Å². The minimum atomic E-state index is -0.688. The van der Waals surface area contributed by atoms with Gasteiger partial charge < -0.3 is 10.1 Å². The molecule has 2 rings (SSSR count). The third kappa shape index (κ3) is 5.52. The number of halogens is 1. The Morgan fingerprint density at radius 2 is 1.89 bits per heavy atom. The van der Waals surface area contributed by atoms with Gasteiger partial charge in [-0.15, -0.1) is 0 Å². The number of hydrogen-bond acceptors (Lipinski definition) is 5. The van der Waals surface area contributed by atoms with E-state index in [1.54, 1.807) is 19.1 Å². The Kier molecular flexibility index (Phi) is 6.90. The molecule has 1 amide bonds. The zero-order valence-corrected chi connectivity index (χ0v) is 15.7. The molecule has 2 aromatic carbocycles. The van der Waals surface area contributed by atoms with Crippen LogP contribution >= 0.6 is 11.6 Å². The van der Waals surface area contributed by atoms with Crippen LogP contribution in [0.25, 0.3) is 0 Å². The van der Waals surface area contributed by atoms with E-state index in [4.69, 9.17) is 16.3 Å². The lowest BCUT2D eigenvalue weighted by molar-refractivity contribution is -0.385. The quantitative estimate of drug-likeness (QED) is 0.438. The smallest absolute Gasteiger partial charge is 0.308 e. The first kappa shape index (κ1) is 20.4. The molecule has 0 aromatic heterocycles. The highest BCUT2D eigenvalue weighted by Crippen LogP contribution is 2.25. The van der Waals surface area contributed by atoms with E-state index in [2.05, 4.69) is 5.32 Å². The van der Waals surface area contributed by atoms with Crippen LogP contribution in [0.5, 0.6) is 0 Å². The van der Waals surface area contributed by atoms with Crippen LogP contribution in [0, 0.1) is 17.0 Å². The van der Waals surface area contributed by atoms with Crippen molar-refractivity contribution in [1.29, 1.82) is 0 Å². The van der Waals surface area contributed by atoms with Gasteiger partial charge in [0.25, 0.3) is 11.6 Å². The van der Waals surface area contributed by atoms with Crippen molar-refractivity contribution >= 4 is 29.2 Å². The Balaban J connectivity index is 2.31. The summed E-state index contributed by atoms with van der Waals surface area (Å²) in [5, 5.41) is 14.1. The zero-order valence-electron chi connectivity index (χ0n) is 14.9. The molecule has 1 unspecified atom stereocenters. The monoisotopic (exact) mass is 390 g/mol. The first-order valence-electron chi connectivity index (χ1n) is 8.28. The number of hydrogen-bond donors (Lipinski definition) is 1. The van der Waals surface area contributed by atoms with Crippen LogP contribution in [-0.4, -0.2) is 23.4 Å². The van der Waals surface area contributed by atoms with E-state index in [0.717, 1.165) is 11.6 Å². The molecule has 0 saturated carbocycles. The maximum absolute atomic E-state index is 12.7. The van der Waals surface area contributed by atoms with Gasteiger partial charge in [-0.25, -0.2) is 0 Å². The molecule has 0 aliphatic rings. The Morgan fingerprint density at radius 3 is 2.48 bits per heavy atom. The van der Waals surface area contributed by atoms with E-state index in [1.165, 1.54) is 12.1 Å². The molecule has 8 heteroatoms. The molecule has 0 saturated heterocycles. The van der Waals surface area contributed by atoms with Gasteiger partial charge in [0.15, 0.2) is 0 Å². The summed E-state index contributed by atoms with van der Waals surface area (Å²) in [4.78, 5) is 35.1. The second kappa shape index (κ2) is 9.14. The van der Waals surface area contributed by atoms with Crippen LogP contribution in [0.1, 0.15) is 40.9 Å². The Bertz CT molecular complexity index is 852. The molecule has 142 valence electrons. The van der Waals surface area contributed by atoms with Crippen molar-refractivity contribution in [2.45, 2.75) is 26.3 Å². The molecular weight excluding hydrogens is 372 g/mol. The van der Waals surface area contributed by atoms with Gasteiger partial charge in [-0.1, -0.05) is 41.4 Å². The lowest BCUT2D eigenvalue weighted by Crippen LogP contribution is -2.31. The second-order valence-electron chi connectivity index (χ2n) is 5.86. The summed E-state index contributed by atoms with van der Waals surface area (Å²) in [5.74, 6) is -1.15. The van der Waals surface area contributed by atoms with Gasteiger partial charge in [0.05, 0.1) is 24.0 Å². The predicted molar refractivity (Wildman–Crippen MR) is 101 cm³/mol. The molecule has 0 aliphatic heterocycles. The van der Waals surface area contributed by atoms with Crippen molar-refractivity contribution < 1.29 is 19.2 Å². The summed E-state index contributed by atoms with van der Waals surface area (Å²) in [5.41, 5.74) is 1.18. The maximum atomic E-state index is 12.7. The van der Waals surface area contributed by atoms with Crippen LogP contribution in [0.15, 0.2) is 42.5 Å². The van der Waals surface area contributed by atoms with Gasteiger partial charge in [-0.05, 0) is 31.5 Å². The third-order valence-corrected chi connectivity index (χ3v) is 4.10. The Hall–Kier alpha value is -2.93. The van der Waals surface area contributed by atoms with Gasteiger partial charge >= 0.3 is 5.97 Å². The van der Waals surface area contributed by atoms with Gasteiger partial charge in [0.1, 0.15) is 5.56 Å². The number of carbonyl (C=O) groups excluding carboxylic acids is 2. The fourth-order valence-electron chi connectivity index (χ4n) is 2.52. The number of ether oxygens (including phenoxy) is 1. The number of esters is 1. The zero-order chi connectivity index (χ0) is 20.0. The van der Waals surface area contributed by atoms with Crippen molar-refractivity contribution in [1.82, 2.24) is 5.32 Å². The standard InChI is InChI=1S/C19H19ClN2O5/c1-3-27-18(23)11-16(13-6-4-12(2)5-7-13)21-19(24)15-9-8-14(20)10-17(15)22(25)26/h4-10,16H,3,11H2,1-2H3,(H,21,24). The molecule has 0 radical (unpaired) electrons. The number of rotatable bonds is 7. The molecule has 1 atom stereocenters. The van der Waals surface area contributed by atoms with Crippen molar-refractivity contribution in [2.75, 3.05) is 6.61 Å². The normalized spacial score (nSPS) is 11.5. The minimum Gasteiger partial charge on any atom is -0.466 e. The average molecular weight is 391 g/mol. The maximum Gasteiger partial charge on any atom is 0.308 e. The lowest BCUT2D eigenvalue weighted by atomic mass is 10.0. The van der Waals surface area contributed by atoms with Crippen LogP contribution < -0.4 is 5.32 Å². The topological polar surface area (TPSA) is 98.5 Å². The summed E-state index contributed by atoms with van der Waals surface area (Å²) < 4.78 is 4.97. The highest BCUT2D eigenvalue weighted by atomic mass is 35.5. The van der Waals surface area contributed by atoms with E-state index >= 15 is 0 Å². The first-order valence-corrected chi connectivity index (χ1v) is 8.66. The Labute approximate surface area is 161 Å². The van der Waals surface area contributed by atoms with Gasteiger partial charge in [-0.3, -0.25) is 19.7 Å². The highest BCUT2D eigenvalue weighted by molar-refractivity contribution is 6.31. The van der Waals surface area contributed by atoms with E-state index in [9.17, 15) is 19.7 Å². The summed E-state index contributed by atoms with van der Waals surface area (Å²) in [7, 11) is 0. The largest absolute Gasteiger partial charge is 0.466 e. The number of aryl methyl sites for hydroxylation is 1. The molecule has 0 fully saturated rings. The Morgan fingerprint density at radius 1 is 1.22 bits per heavy atom. The van der Waals surface area contributed by atoms with Gasteiger partial charge in [-0.2, -0.15) is 0 Å². The number of benzene rings is 2. The molecule has 1 N–H and O–H groups in total. The third-order valence-electron chi connectivity index (χ3n) is 3.86. The number of nitro benzene ring substituents is 1. The number of amides is 1. The second-order valence-corrected chi connectivity index (χ2v) is 6.30. The summed E-state index contributed by atoms with van der Waals surface area (Å²) in [6.45, 7) is 3.82. The number of nitro groups is 1. The van der Waals surface area contributed by atoms with Crippen LogP contribution in [-0.2, 0) is 9.53 Å². The summed E-state index contributed by atoms with van der Waals surface area (Å²) in [6.07, 6.45) is -0.0932. The van der Waals surface area contributed by atoms with Crippen LogP contribution in [0.2, 0.25) is 5.02 Å². The van der Waals surface area contributed by atoms with E-state index in [0.29, 0.717) is 5.56 Å². The first-order chi connectivity index (χ1) is 12.8. The van der Waals surface area contributed by atoms with Crippen LogP contribution in [0.4, 0.5) is 5.69 Å². The minimum absolute atomic E-state index is 0.0932. The molecule has 0 aliphatic carbocycles. The molecule has 0 spiro atoms. The van der Waals surface area contributed by atoms with Crippen molar-refractivity contribution in [3.63, 3.8) is 0 Å². The van der Waals surface area contributed by atoms with Gasteiger partial charge in [0.2, 0.25) is 0 Å². The van der Waals surface area contributed by atoms with Crippen molar-refractivity contribution in [3.8, 4) is 0 Å². The van der Waals surface area contributed by atoms with Crippen LogP contribution in [0.3, 0.4) is 0 Å². The average Bonchev–Trinajstić information content (AvgIpc) is 2.61.